The van der Waals surface area contributed by atoms with Gasteiger partial charge in [-0.1, -0.05) is 32.0 Å². The molecule has 0 fully saturated rings. The Morgan fingerprint density at radius 2 is 2.33 bits per heavy atom. The van der Waals surface area contributed by atoms with E-state index in [1.54, 1.807) is 6.07 Å². The van der Waals surface area contributed by atoms with Gasteiger partial charge in [0.1, 0.15) is 16.6 Å². The number of nitrogens with zero attached hydrogens (tertiary/aromatic N) is 3. The highest BCUT2D eigenvalue weighted by Gasteiger charge is 2.16. The molecule has 0 aliphatic rings. The Morgan fingerprint density at radius 1 is 1.56 bits per heavy atom. The van der Waals surface area contributed by atoms with Gasteiger partial charge in [-0.2, -0.15) is 0 Å². The van der Waals surface area contributed by atoms with Crippen LogP contribution in [0, 0.1) is 10.1 Å². The molecule has 1 aromatic heterocycles. The van der Waals surface area contributed by atoms with Crippen LogP contribution in [0.2, 0.25) is 4.34 Å². The van der Waals surface area contributed by atoms with Crippen molar-refractivity contribution in [2.45, 2.75) is 6.61 Å². The van der Waals surface area contributed by atoms with E-state index >= 15 is 0 Å². The minimum Gasteiger partial charge on any atom is -0.480 e. The molecule has 1 aromatic carbocycles. The van der Waals surface area contributed by atoms with Crippen LogP contribution >= 0.6 is 39.1 Å². The van der Waals surface area contributed by atoms with Gasteiger partial charge < -0.3 is 4.74 Å². The van der Waals surface area contributed by atoms with Crippen LogP contribution in [0.25, 0.3) is 0 Å². The molecule has 94 valence electrons. The van der Waals surface area contributed by atoms with Crippen molar-refractivity contribution in [1.29, 1.82) is 0 Å². The first kappa shape index (κ1) is 13.2. The minimum atomic E-state index is -0.513. The standard InChI is InChI=1S/C9H5BrClN3O3S/c10-5-1-2-8(7(3-5)14(15)16)17-4-6-9(11)18-13-12-6/h1-3H,4H2. The van der Waals surface area contributed by atoms with Crippen LogP contribution in [0.1, 0.15) is 5.69 Å². The third-order valence-electron chi connectivity index (χ3n) is 1.99. The first-order chi connectivity index (χ1) is 8.58. The second-order valence-corrected chi connectivity index (χ2v) is 5.42. The molecule has 1 heterocycles. The zero-order valence-electron chi connectivity index (χ0n) is 8.67. The summed E-state index contributed by atoms with van der Waals surface area (Å²) < 4.78 is 10.00. The van der Waals surface area contributed by atoms with E-state index in [2.05, 4.69) is 25.5 Å². The molecule has 0 saturated carbocycles. The Balaban J connectivity index is 2.19. The predicted octanol–water partition coefficient (Wildman–Crippen LogP) is 3.44. The van der Waals surface area contributed by atoms with E-state index in [4.69, 9.17) is 16.3 Å². The van der Waals surface area contributed by atoms with Gasteiger partial charge >= 0.3 is 5.69 Å². The van der Waals surface area contributed by atoms with E-state index in [1.165, 1.54) is 12.1 Å². The average molecular weight is 351 g/mol. The third-order valence-corrected chi connectivity index (χ3v) is 3.47. The van der Waals surface area contributed by atoms with Crippen molar-refractivity contribution in [2.24, 2.45) is 0 Å². The normalized spacial score (nSPS) is 10.3. The molecule has 0 aliphatic heterocycles. The van der Waals surface area contributed by atoms with Crippen LogP contribution in [-0.2, 0) is 6.61 Å². The summed E-state index contributed by atoms with van der Waals surface area (Å²) in [6.07, 6.45) is 0. The van der Waals surface area contributed by atoms with Crippen LogP contribution in [0.15, 0.2) is 22.7 Å². The molecule has 0 spiro atoms. The van der Waals surface area contributed by atoms with Crippen LogP contribution in [0.4, 0.5) is 5.69 Å². The van der Waals surface area contributed by atoms with Gasteiger partial charge in [0, 0.05) is 22.1 Å². The summed E-state index contributed by atoms with van der Waals surface area (Å²) in [6.45, 7) is 0.0395. The smallest absolute Gasteiger partial charge is 0.312 e. The molecule has 6 nitrogen and oxygen atoms in total. The molecular formula is C9H5BrClN3O3S. The van der Waals surface area contributed by atoms with E-state index in [9.17, 15) is 10.1 Å². The zero-order valence-corrected chi connectivity index (χ0v) is 11.8. The molecular weight excluding hydrogens is 346 g/mol. The number of nitro benzene ring substituents is 1. The summed E-state index contributed by atoms with van der Waals surface area (Å²) >= 11 is 10.0. The maximum absolute atomic E-state index is 10.9. The number of hydrogen-bond acceptors (Lipinski definition) is 6. The van der Waals surface area contributed by atoms with Crippen molar-refractivity contribution in [1.82, 2.24) is 9.59 Å². The second kappa shape index (κ2) is 5.59. The summed E-state index contributed by atoms with van der Waals surface area (Å²) in [4.78, 5) is 10.3. The number of hydrogen-bond donors (Lipinski definition) is 0. The summed E-state index contributed by atoms with van der Waals surface area (Å²) in [7, 11) is 0. The van der Waals surface area contributed by atoms with Crippen molar-refractivity contribution in [2.75, 3.05) is 0 Å². The Morgan fingerprint density at radius 3 is 2.94 bits per heavy atom. The number of rotatable bonds is 4. The number of halogens is 2. The van der Waals surface area contributed by atoms with Crippen LogP contribution < -0.4 is 4.74 Å². The van der Waals surface area contributed by atoms with Gasteiger partial charge in [-0.3, -0.25) is 10.1 Å². The quantitative estimate of drug-likeness (QED) is 0.623. The Kier molecular flexibility index (Phi) is 4.10. The lowest BCUT2D eigenvalue weighted by molar-refractivity contribution is -0.386. The number of aromatic nitrogens is 2. The molecule has 0 saturated heterocycles. The summed E-state index contributed by atoms with van der Waals surface area (Å²) in [5, 5.41) is 14.6. The first-order valence-corrected chi connectivity index (χ1v) is 6.56. The fourth-order valence-electron chi connectivity index (χ4n) is 1.18. The molecule has 2 aromatic rings. The van der Waals surface area contributed by atoms with E-state index in [-0.39, 0.29) is 18.0 Å². The Bertz CT molecular complexity index is 592. The molecule has 0 atom stereocenters. The van der Waals surface area contributed by atoms with Crippen LogP contribution in [-0.4, -0.2) is 14.5 Å². The topological polar surface area (TPSA) is 78.2 Å². The van der Waals surface area contributed by atoms with E-state index in [1.807, 2.05) is 0 Å². The van der Waals surface area contributed by atoms with Gasteiger partial charge in [0.05, 0.1) is 4.92 Å². The Labute approximate surface area is 119 Å². The van der Waals surface area contributed by atoms with Crippen molar-refractivity contribution in [3.8, 4) is 5.75 Å². The van der Waals surface area contributed by atoms with E-state index in [0.717, 1.165) is 11.5 Å². The fourth-order valence-corrected chi connectivity index (χ4v) is 2.13. The van der Waals surface area contributed by atoms with E-state index < -0.39 is 4.92 Å². The minimum absolute atomic E-state index is 0.0395. The highest BCUT2D eigenvalue weighted by Crippen LogP contribution is 2.31. The molecule has 0 amide bonds. The first-order valence-electron chi connectivity index (χ1n) is 4.61. The molecule has 0 aliphatic carbocycles. The van der Waals surface area contributed by atoms with E-state index in [0.29, 0.717) is 14.5 Å². The van der Waals surface area contributed by atoms with Gasteiger partial charge in [0.15, 0.2) is 5.75 Å². The number of benzene rings is 1. The zero-order chi connectivity index (χ0) is 13.1. The van der Waals surface area contributed by atoms with Crippen molar-refractivity contribution in [3.05, 3.63) is 42.8 Å². The predicted molar refractivity (Wildman–Crippen MR) is 70.0 cm³/mol. The highest BCUT2D eigenvalue weighted by atomic mass is 79.9. The lowest BCUT2D eigenvalue weighted by Gasteiger charge is -2.05. The van der Waals surface area contributed by atoms with Crippen LogP contribution in [0.5, 0.6) is 5.75 Å². The highest BCUT2D eigenvalue weighted by molar-refractivity contribution is 9.10. The number of nitro groups is 1. The summed E-state index contributed by atoms with van der Waals surface area (Å²) in [5.74, 6) is 0.160. The molecule has 0 unspecified atom stereocenters. The molecule has 0 radical (unpaired) electrons. The lowest BCUT2D eigenvalue weighted by Crippen LogP contribution is -2.00. The SMILES string of the molecule is O=[N+]([O-])c1cc(Br)ccc1OCc1nnsc1Cl. The Hall–Kier alpha value is -1.25. The van der Waals surface area contributed by atoms with Gasteiger partial charge in [-0.25, -0.2) is 0 Å². The largest absolute Gasteiger partial charge is 0.480 e. The molecule has 0 N–H and O–H groups in total. The van der Waals surface area contributed by atoms with Gasteiger partial charge in [-0.15, -0.1) is 5.10 Å². The lowest BCUT2D eigenvalue weighted by atomic mass is 10.3. The number of ether oxygens (including phenoxy) is 1. The van der Waals surface area contributed by atoms with Gasteiger partial charge in [0.2, 0.25) is 0 Å². The third kappa shape index (κ3) is 2.95. The maximum Gasteiger partial charge on any atom is 0.312 e. The van der Waals surface area contributed by atoms with Crippen molar-refractivity contribution >= 4 is 44.8 Å². The van der Waals surface area contributed by atoms with Gasteiger partial charge in [-0.05, 0) is 12.1 Å². The molecule has 0 bridgehead atoms. The van der Waals surface area contributed by atoms with Gasteiger partial charge in [0.25, 0.3) is 0 Å². The monoisotopic (exact) mass is 349 g/mol. The summed E-state index contributed by atoms with van der Waals surface area (Å²) in [5.41, 5.74) is 0.336. The second-order valence-electron chi connectivity index (χ2n) is 3.15. The average Bonchev–Trinajstić information content (AvgIpc) is 2.73. The van der Waals surface area contributed by atoms with Crippen LogP contribution in [0.3, 0.4) is 0 Å². The van der Waals surface area contributed by atoms with Crippen molar-refractivity contribution in [3.63, 3.8) is 0 Å². The molecule has 18 heavy (non-hydrogen) atoms. The molecule has 9 heteroatoms. The maximum atomic E-state index is 10.9. The fraction of sp³-hybridized carbons (Fsp3) is 0.111. The summed E-state index contributed by atoms with van der Waals surface area (Å²) in [6, 6.07) is 4.54. The van der Waals surface area contributed by atoms with Crippen molar-refractivity contribution < 1.29 is 9.66 Å². The molecule has 2 rings (SSSR count).